The molecule has 1 aliphatic heterocycles. The number of allylic oxidation sites excluding steroid dienone is 1. The van der Waals surface area contributed by atoms with Crippen molar-refractivity contribution >= 4 is 17.8 Å². The van der Waals surface area contributed by atoms with Gasteiger partial charge in [-0.2, -0.15) is 0 Å². The third-order valence-electron chi connectivity index (χ3n) is 5.11. The van der Waals surface area contributed by atoms with Gasteiger partial charge >= 0.3 is 5.97 Å². The van der Waals surface area contributed by atoms with E-state index in [9.17, 15) is 14.4 Å². The van der Waals surface area contributed by atoms with Gasteiger partial charge in [0, 0.05) is 38.4 Å². The molecule has 1 aromatic carbocycles. The first-order valence-corrected chi connectivity index (χ1v) is 9.36. The Balaban J connectivity index is 1.98. The third kappa shape index (κ3) is 5.94. The second kappa shape index (κ2) is 9.90. The molecule has 0 aromatic heterocycles. The summed E-state index contributed by atoms with van der Waals surface area (Å²) in [5.41, 5.74) is 1.07. The number of hydrogen-bond acceptors (Lipinski definition) is 3. The number of benzene rings is 1. The molecule has 1 heterocycles. The predicted molar refractivity (Wildman–Crippen MR) is 103 cm³/mol. The van der Waals surface area contributed by atoms with Gasteiger partial charge in [0.15, 0.2) is 0 Å². The minimum atomic E-state index is -1.01. The van der Waals surface area contributed by atoms with Crippen molar-refractivity contribution in [3.8, 4) is 0 Å². The van der Waals surface area contributed by atoms with Gasteiger partial charge in [-0.25, -0.2) is 0 Å². The molecule has 2 atom stereocenters. The fourth-order valence-corrected chi connectivity index (χ4v) is 3.64. The highest BCUT2D eigenvalue weighted by Gasteiger charge is 2.28. The first-order valence-electron chi connectivity index (χ1n) is 9.36. The average molecular weight is 372 g/mol. The van der Waals surface area contributed by atoms with Gasteiger partial charge in [-0.3, -0.25) is 14.4 Å². The summed E-state index contributed by atoms with van der Waals surface area (Å²) in [5.74, 6) is -1.22. The van der Waals surface area contributed by atoms with Gasteiger partial charge in [-0.05, 0) is 24.8 Å². The summed E-state index contributed by atoms with van der Waals surface area (Å²) < 4.78 is 0. The van der Waals surface area contributed by atoms with Crippen molar-refractivity contribution in [3.63, 3.8) is 0 Å². The Morgan fingerprint density at radius 3 is 2.56 bits per heavy atom. The van der Waals surface area contributed by atoms with Gasteiger partial charge in [0.25, 0.3) is 0 Å². The normalized spacial score (nSPS) is 18.3. The van der Waals surface area contributed by atoms with Gasteiger partial charge in [-0.1, -0.05) is 36.4 Å². The molecule has 0 bridgehead atoms. The van der Waals surface area contributed by atoms with Crippen LogP contribution in [-0.4, -0.2) is 58.4 Å². The van der Waals surface area contributed by atoms with Gasteiger partial charge in [-0.15, -0.1) is 6.58 Å². The Hall–Kier alpha value is -2.63. The monoisotopic (exact) mass is 372 g/mol. The highest BCUT2D eigenvalue weighted by Crippen LogP contribution is 2.23. The zero-order chi connectivity index (χ0) is 19.8. The third-order valence-corrected chi connectivity index (χ3v) is 5.11. The quantitative estimate of drug-likeness (QED) is 0.747. The van der Waals surface area contributed by atoms with Crippen LogP contribution in [0.3, 0.4) is 0 Å². The van der Waals surface area contributed by atoms with Crippen LogP contribution < -0.4 is 0 Å². The fourth-order valence-electron chi connectivity index (χ4n) is 3.64. The number of hydrogen-bond donors (Lipinski definition) is 1. The molecule has 27 heavy (non-hydrogen) atoms. The lowest BCUT2D eigenvalue weighted by molar-refractivity contribution is -0.145. The van der Waals surface area contributed by atoms with E-state index in [2.05, 4.69) is 6.58 Å². The lowest BCUT2D eigenvalue weighted by atomic mass is 9.95. The molecule has 1 aliphatic rings. The van der Waals surface area contributed by atoms with E-state index in [1.54, 1.807) is 6.08 Å². The van der Waals surface area contributed by atoms with Gasteiger partial charge < -0.3 is 14.9 Å². The molecular formula is C21H28N2O4. The first-order chi connectivity index (χ1) is 12.9. The second-order valence-corrected chi connectivity index (χ2v) is 6.96. The molecule has 0 saturated carbocycles. The Labute approximate surface area is 160 Å². The number of aliphatic carboxylic acids is 1. The summed E-state index contributed by atoms with van der Waals surface area (Å²) in [6, 6.07) is 9.69. The highest BCUT2D eigenvalue weighted by atomic mass is 16.4. The molecular weight excluding hydrogens is 344 g/mol. The van der Waals surface area contributed by atoms with Crippen molar-refractivity contribution in [2.45, 2.75) is 44.6 Å². The van der Waals surface area contributed by atoms with Crippen molar-refractivity contribution in [3.05, 3.63) is 48.6 Å². The molecule has 2 amide bonds. The average Bonchev–Trinajstić information content (AvgIpc) is 2.90. The van der Waals surface area contributed by atoms with Crippen molar-refractivity contribution in [2.24, 2.45) is 0 Å². The van der Waals surface area contributed by atoms with E-state index in [4.69, 9.17) is 5.11 Å². The van der Waals surface area contributed by atoms with Crippen LogP contribution in [0.4, 0.5) is 0 Å². The molecule has 146 valence electrons. The lowest BCUT2D eigenvalue weighted by Gasteiger charge is -2.29. The molecule has 2 unspecified atom stereocenters. The molecule has 2 rings (SSSR count). The fraction of sp³-hybridized carbons (Fsp3) is 0.476. The van der Waals surface area contributed by atoms with E-state index in [0.717, 1.165) is 12.0 Å². The highest BCUT2D eigenvalue weighted by molar-refractivity contribution is 5.80. The number of carbonyl (C=O) groups is 3. The van der Waals surface area contributed by atoms with Crippen LogP contribution in [0.25, 0.3) is 0 Å². The maximum atomic E-state index is 12.8. The molecule has 0 radical (unpaired) electrons. The Morgan fingerprint density at radius 2 is 1.96 bits per heavy atom. The Kier molecular flexibility index (Phi) is 7.58. The second-order valence-electron chi connectivity index (χ2n) is 6.96. The van der Waals surface area contributed by atoms with E-state index < -0.39 is 5.97 Å². The van der Waals surface area contributed by atoms with E-state index >= 15 is 0 Å². The molecule has 1 aromatic rings. The van der Waals surface area contributed by atoms with Gasteiger partial charge in [0.2, 0.25) is 11.8 Å². The van der Waals surface area contributed by atoms with Crippen LogP contribution in [0, 0.1) is 0 Å². The predicted octanol–water partition coefficient (Wildman–Crippen LogP) is 2.66. The van der Waals surface area contributed by atoms with Crippen LogP contribution >= 0.6 is 0 Å². The molecule has 1 fully saturated rings. The van der Waals surface area contributed by atoms with Crippen LogP contribution in [0.1, 0.15) is 44.1 Å². The van der Waals surface area contributed by atoms with Crippen molar-refractivity contribution in [2.75, 3.05) is 19.6 Å². The van der Waals surface area contributed by atoms with Crippen LogP contribution in [0.15, 0.2) is 43.0 Å². The summed E-state index contributed by atoms with van der Waals surface area (Å²) in [6.45, 7) is 6.13. The minimum Gasteiger partial charge on any atom is -0.480 e. The SMILES string of the molecule is C=CC(CC(=O)N1CCCC(N(CC(=O)O)C(C)=O)CC1)c1ccccc1. The number of rotatable bonds is 7. The van der Waals surface area contributed by atoms with Crippen molar-refractivity contribution in [1.29, 1.82) is 0 Å². The molecule has 6 nitrogen and oxygen atoms in total. The summed E-state index contributed by atoms with van der Waals surface area (Å²) in [4.78, 5) is 38.9. The Bertz CT molecular complexity index is 674. The van der Waals surface area contributed by atoms with Crippen LogP contribution in [0.5, 0.6) is 0 Å². The lowest BCUT2D eigenvalue weighted by Crippen LogP contribution is -2.43. The molecule has 1 N–H and O–H groups in total. The number of carboxylic acid groups (broad SMARTS) is 1. The zero-order valence-corrected chi connectivity index (χ0v) is 15.8. The smallest absolute Gasteiger partial charge is 0.323 e. The molecule has 0 spiro atoms. The molecule has 0 aliphatic carbocycles. The maximum absolute atomic E-state index is 12.8. The largest absolute Gasteiger partial charge is 0.480 e. The van der Waals surface area contributed by atoms with E-state index in [1.165, 1.54) is 11.8 Å². The Morgan fingerprint density at radius 1 is 1.26 bits per heavy atom. The topological polar surface area (TPSA) is 77.9 Å². The summed E-state index contributed by atoms with van der Waals surface area (Å²) >= 11 is 0. The maximum Gasteiger partial charge on any atom is 0.323 e. The first kappa shape index (κ1) is 20.7. The van der Waals surface area contributed by atoms with Crippen LogP contribution in [0.2, 0.25) is 0 Å². The van der Waals surface area contributed by atoms with Crippen molar-refractivity contribution < 1.29 is 19.5 Å². The van der Waals surface area contributed by atoms with E-state index in [-0.39, 0.29) is 30.3 Å². The van der Waals surface area contributed by atoms with Crippen molar-refractivity contribution in [1.82, 2.24) is 9.80 Å². The van der Waals surface area contributed by atoms with Gasteiger partial charge in [0.05, 0.1) is 0 Å². The summed E-state index contributed by atoms with van der Waals surface area (Å²) in [6.07, 6.45) is 4.23. The minimum absolute atomic E-state index is 0.0292. The van der Waals surface area contributed by atoms with Gasteiger partial charge in [0.1, 0.15) is 6.54 Å². The summed E-state index contributed by atoms with van der Waals surface area (Å²) in [7, 11) is 0. The number of likely N-dealkylation sites (tertiary alicyclic amines) is 1. The number of carbonyl (C=O) groups excluding carboxylic acids is 2. The van der Waals surface area contributed by atoms with E-state index in [0.29, 0.717) is 32.4 Å². The molecule has 6 heteroatoms. The number of nitrogens with zero attached hydrogens (tertiary/aromatic N) is 2. The molecule has 1 saturated heterocycles. The number of amides is 2. The number of carboxylic acids is 1. The van der Waals surface area contributed by atoms with Crippen LogP contribution in [-0.2, 0) is 14.4 Å². The van der Waals surface area contributed by atoms with E-state index in [1.807, 2.05) is 35.2 Å². The summed E-state index contributed by atoms with van der Waals surface area (Å²) in [5, 5.41) is 9.04. The standard InChI is InChI=1S/C21H28N2O4/c1-3-17(18-8-5-4-6-9-18)14-20(25)22-12-7-10-19(11-13-22)23(16(2)24)15-21(26)27/h3-6,8-9,17,19H,1,7,10-15H2,2H3,(H,26,27). The zero-order valence-electron chi connectivity index (χ0n) is 15.8.